The maximum absolute atomic E-state index is 14.0. The zero-order valence-electron chi connectivity index (χ0n) is 18.9. The number of rotatable bonds is 8. The molecule has 0 bridgehead atoms. The lowest BCUT2D eigenvalue weighted by Crippen LogP contribution is -2.42. The van der Waals surface area contributed by atoms with Crippen LogP contribution in [0.25, 0.3) is 0 Å². The number of sulfonamides is 1. The van der Waals surface area contributed by atoms with E-state index in [9.17, 15) is 8.42 Å². The predicted molar refractivity (Wildman–Crippen MR) is 136 cm³/mol. The van der Waals surface area contributed by atoms with Crippen LogP contribution < -0.4 is 19.1 Å². The summed E-state index contributed by atoms with van der Waals surface area (Å²) in [6.07, 6.45) is 2.87. The molecular formula is C24H27Cl2N3O4S. The second-order valence-corrected chi connectivity index (χ2v) is 9.99. The highest BCUT2D eigenvalue weighted by Crippen LogP contribution is 2.36. The van der Waals surface area contributed by atoms with Crippen molar-refractivity contribution in [1.29, 1.82) is 0 Å². The Hall–Kier alpha value is -2.52. The lowest BCUT2D eigenvalue weighted by Gasteiger charge is -2.32. The van der Waals surface area contributed by atoms with Gasteiger partial charge in [-0.1, -0.05) is 17.7 Å². The molecular weight excluding hydrogens is 497 g/mol. The molecule has 0 radical (unpaired) electrons. The van der Waals surface area contributed by atoms with Gasteiger partial charge in [0, 0.05) is 35.9 Å². The molecule has 2 aromatic carbocycles. The van der Waals surface area contributed by atoms with Crippen molar-refractivity contribution in [1.82, 2.24) is 10.3 Å². The highest BCUT2D eigenvalue weighted by molar-refractivity contribution is 7.92. The summed E-state index contributed by atoms with van der Waals surface area (Å²) in [5, 5.41) is 3.82. The summed E-state index contributed by atoms with van der Waals surface area (Å²) in [7, 11) is -0.931. The monoisotopic (exact) mass is 523 g/mol. The first kappa shape index (κ1) is 26.1. The Kier molecular flexibility index (Phi) is 8.65. The molecule has 1 aliphatic rings. The summed E-state index contributed by atoms with van der Waals surface area (Å²) in [5.74, 6) is 0.820. The Bertz CT molecular complexity index is 1220. The van der Waals surface area contributed by atoms with Crippen LogP contribution in [0, 0.1) is 0 Å². The van der Waals surface area contributed by atoms with Crippen molar-refractivity contribution < 1.29 is 17.9 Å². The second kappa shape index (κ2) is 11.3. The molecule has 1 saturated heterocycles. The first-order valence-electron chi connectivity index (χ1n) is 10.6. The number of nitrogens with one attached hydrogen (secondary N) is 1. The van der Waals surface area contributed by atoms with Crippen LogP contribution in [-0.2, 0) is 16.4 Å². The van der Waals surface area contributed by atoms with Crippen molar-refractivity contribution in [2.45, 2.75) is 23.8 Å². The van der Waals surface area contributed by atoms with Crippen molar-refractivity contribution in [3.05, 3.63) is 77.1 Å². The van der Waals surface area contributed by atoms with Gasteiger partial charge in [-0.15, -0.1) is 12.4 Å². The molecule has 1 aromatic heterocycles. The Morgan fingerprint density at radius 1 is 1.09 bits per heavy atom. The van der Waals surface area contributed by atoms with Gasteiger partial charge in [0.05, 0.1) is 30.8 Å². The number of pyridine rings is 1. The lowest BCUT2D eigenvalue weighted by molar-refractivity contribution is 0.354. The molecule has 10 heteroatoms. The van der Waals surface area contributed by atoms with Gasteiger partial charge < -0.3 is 14.8 Å². The van der Waals surface area contributed by atoms with Crippen LogP contribution in [0.15, 0.2) is 65.7 Å². The van der Waals surface area contributed by atoms with Crippen LogP contribution in [0.2, 0.25) is 5.02 Å². The van der Waals surface area contributed by atoms with Gasteiger partial charge in [0.25, 0.3) is 10.0 Å². The van der Waals surface area contributed by atoms with E-state index >= 15 is 0 Å². The van der Waals surface area contributed by atoms with Crippen LogP contribution in [0.3, 0.4) is 0 Å². The van der Waals surface area contributed by atoms with E-state index in [1.54, 1.807) is 30.5 Å². The number of hydrogen-bond donors (Lipinski definition) is 1. The number of anilines is 1. The summed E-state index contributed by atoms with van der Waals surface area (Å²) < 4.78 is 40.2. The maximum atomic E-state index is 14.0. The topological polar surface area (TPSA) is 80.8 Å². The first-order valence-corrected chi connectivity index (χ1v) is 12.4. The standard InChI is InChI=1S/C24H26ClN3O4S.ClH/c1-31-23-9-7-21(15-24(23)32-2)33(29,30)28(20-10-12-26-16-20)22-8-6-18(25)13-17(22)14-19-5-3-4-11-27-19;/h3-9,11,13,15,20,26H,10,12,14,16H2,1-2H3;1H/t20-;/m0./s1. The molecule has 1 N–H and O–H groups in total. The first-order chi connectivity index (χ1) is 15.9. The molecule has 34 heavy (non-hydrogen) atoms. The quantitative estimate of drug-likeness (QED) is 0.473. The van der Waals surface area contributed by atoms with Crippen LogP contribution in [0.5, 0.6) is 11.5 Å². The van der Waals surface area contributed by atoms with E-state index < -0.39 is 10.0 Å². The fourth-order valence-corrected chi connectivity index (χ4v) is 5.99. The number of hydrogen-bond acceptors (Lipinski definition) is 6. The van der Waals surface area contributed by atoms with Crippen LogP contribution in [0.1, 0.15) is 17.7 Å². The van der Waals surface area contributed by atoms with E-state index in [1.807, 2.05) is 24.3 Å². The van der Waals surface area contributed by atoms with Gasteiger partial charge in [0.1, 0.15) is 0 Å². The van der Waals surface area contributed by atoms with Gasteiger partial charge in [-0.2, -0.15) is 0 Å². The molecule has 3 aromatic rings. The fourth-order valence-electron chi connectivity index (χ4n) is 4.06. The van der Waals surface area contributed by atoms with Crippen molar-refractivity contribution >= 4 is 39.7 Å². The van der Waals surface area contributed by atoms with Crippen molar-refractivity contribution in [2.24, 2.45) is 0 Å². The Balaban J connectivity index is 0.00000324. The van der Waals surface area contributed by atoms with Crippen LogP contribution >= 0.6 is 24.0 Å². The number of aromatic nitrogens is 1. The molecule has 2 heterocycles. The third kappa shape index (κ3) is 5.41. The van der Waals surface area contributed by atoms with Crippen molar-refractivity contribution in [3.63, 3.8) is 0 Å². The van der Waals surface area contributed by atoms with Gasteiger partial charge >= 0.3 is 0 Å². The van der Waals surface area contributed by atoms with Gasteiger partial charge in [0.2, 0.25) is 0 Å². The minimum absolute atomic E-state index is 0. The minimum Gasteiger partial charge on any atom is -0.493 e. The summed E-state index contributed by atoms with van der Waals surface area (Å²) in [6, 6.07) is 15.4. The van der Waals surface area contributed by atoms with Crippen LogP contribution in [0.4, 0.5) is 5.69 Å². The van der Waals surface area contributed by atoms with Gasteiger partial charge in [-0.05, 0) is 61.0 Å². The Morgan fingerprint density at radius 2 is 1.88 bits per heavy atom. The molecule has 0 saturated carbocycles. The highest BCUT2D eigenvalue weighted by atomic mass is 35.5. The number of halogens is 2. The van der Waals surface area contributed by atoms with E-state index in [0.717, 1.165) is 17.8 Å². The smallest absolute Gasteiger partial charge is 0.264 e. The highest BCUT2D eigenvalue weighted by Gasteiger charge is 2.35. The molecule has 0 spiro atoms. The Morgan fingerprint density at radius 3 is 2.53 bits per heavy atom. The maximum Gasteiger partial charge on any atom is 0.264 e. The van der Waals surface area contributed by atoms with E-state index in [0.29, 0.717) is 41.6 Å². The van der Waals surface area contributed by atoms with Gasteiger partial charge in [-0.3, -0.25) is 9.29 Å². The van der Waals surface area contributed by atoms with E-state index in [1.165, 1.54) is 24.6 Å². The fraction of sp³-hybridized carbons (Fsp3) is 0.292. The normalized spacial score (nSPS) is 15.4. The molecule has 1 aliphatic heterocycles. The largest absolute Gasteiger partial charge is 0.493 e. The molecule has 182 valence electrons. The summed E-state index contributed by atoms with van der Waals surface area (Å²) in [6.45, 7) is 1.30. The number of methoxy groups -OCH3 is 2. The summed E-state index contributed by atoms with van der Waals surface area (Å²) in [4.78, 5) is 4.54. The SMILES string of the molecule is COc1ccc(S(=O)(=O)N(c2ccc(Cl)cc2Cc2ccccn2)[C@H]2CCNC2)cc1OC.Cl. The van der Waals surface area contributed by atoms with E-state index in [-0.39, 0.29) is 23.3 Å². The van der Waals surface area contributed by atoms with E-state index in [4.69, 9.17) is 21.1 Å². The number of nitrogens with zero attached hydrogens (tertiary/aromatic N) is 2. The molecule has 1 fully saturated rings. The van der Waals surface area contributed by atoms with Crippen molar-refractivity contribution in [2.75, 3.05) is 31.6 Å². The summed E-state index contributed by atoms with van der Waals surface area (Å²) in [5.41, 5.74) is 2.21. The Labute approximate surface area is 211 Å². The van der Waals surface area contributed by atoms with Crippen LogP contribution in [-0.4, -0.2) is 46.8 Å². The molecule has 0 aliphatic carbocycles. The van der Waals surface area contributed by atoms with E-state index in [2.05, 4.69) is 10.3 Å². The third-order valence-electron chi connectivity index (χ3n) is 5.65. The predicted octanol–water partition coefficient (Wildman–Crippen LogP) is 4.32. The van der Waals surface area contributed by atoms with Gasteiger partial charge in [0.15, 0.2) is 11.5 Å². The third-order valence-corrected chi connectivity index (χ3v) is 7.75. The molecule has 1 atom stereocenters. The van der Waals surface area contributed by atoms with Crippen molar-refractivity contribution in [3.8, 4) is 11.5 Å². The zero-order chi connectivity index (χ0) is 23.4. The van der Waals surface area contributed by atoms with Gasteiger partial charge in [-0.25, -0.2) is 8.42 Å². The number of ether oxygens (including phenoxy) is 2. The molecule has 0 unspecified atom stereocenters. The second-order valence-electron chi connectivity index (χ2n) is 7.74. The summed E-state index contributed by atoms with van der Waals surface area (Å²) >= 11 is 6.32. The molecule has 7 nitrogen and oxygen atoms in total. The molecule has 0 amide bonds. The zero-order valence-corrected chi connectivity index (χ0v) is 21.3. The average Bonchev–Trinajstić information content (AvgIpc) is 3.35. The minimum atomic E-state index is -3.93. The average molecular weight is 524 g/mol. The number of benzene rings is 2. The molecule has 4 rings (SSSR count). The lowest BCUT2D eigenvalue weighted by atomic mass is 10.1.